The number of nitrogens with zero attached hydrogens (tertiary/aromatic N) is 6. The van der Waals surface area contributed by atoms with Crippen molar-refractivity contribution in [3.05, 3.63) is 75.3 Å². The molecule has 212 valence electrons. The van der Waals surface area contributed by atoms with Gasteiger partial charge in [0.15, 0.2) is 5.82 Å². The number of anilines is 1. The number of aromatic amines is 1. The number of alkyl halides is 3. The molecule has 2 aromatic heterocycles. The first-order chi connectivity index (χ1) is 19.5. The van der Waals surface area contributed by atoms with Gasteiger partial charge in [-0.2, -0.15) is 23.6 Å². The summed E-state index contributed by atoms with van der Waals surface area (Å²) < 4.78 is 51.0. The Bertz CT molecular complexity index is 1610. The van der Waals surface area contributed by atoms with Crippen LogP contribution in [0.15, 0.2) is 42.6 Å². The zero-order chi connectivity index (χ0) is 29.7. The fourth-order valence-electron chi connectivity index (χ4n) is 3.93. The monoisotopic (exact) mass is 605 g/mol. The maximum Gasteiger partial charge on any atom is 0.433 e. The smallest absolute Gasteiger partial charge is 0.433 e. The van der Waals surface area contributed by atoms with Crippen LogP contribution in [0.4, 0.5) is 18.9 Å². The maximum atomic E-state index is 13.9. The van der Waals surface area contributed by atoms with Gasteiger partial charge in [0.05, 0.1) is 41.0 Å². The molecule has 0 unspecified atom stereocenters. The Morgan fingerprint density at radius 2 is 1.93 bits per heavy atom. The second-order valence-corrected chi connectivity index (χ2v) is 9.30. The lowest BCUT2D eigenvalue weighted by atomic mass is 9.98. The fraction of sp³-hybridized carbons (Fsp3) is 0.231. The van der Waals surface area contributed by atoms with E-state index in [1.807, 2.05) is 0 Å². The van der Waals surface area contributed by atoms with Gasteiger partial charge in [-0.15, -0.1) is 10.2 Å². The Kier molecular flexibility index (Phi) is 8.95. The van der Waals surface area contributed by atoms with Crippen molar-refractivity contribution in [1.82, 2.24) is 25.6 Å². The number of rotatable bonds is 9. The number of halogens is 5. The van der Waals surface area contributed by atoms with Gasteiger partial charge < -0.3 is 14.4 Å². The summed E-state index contributed by atoms with van der Waals surface area (Å²) in [6.45, 7) is 0.134. The largest absolute Gasteiger partial charge is 0.495 e. The predicted molar refractivity (Wildman–Crippen MR) is 143 cm³/mol. The van der Waals surface area contributed by atoms with E-state index in [-0.39, 0.29) is 50.3 Å². The second-order valence-electron chi connectivity index (χ2n) is 8.49. The van der Waals surface area contributed by atoms with E-state index < -0.39 is 17.8 Å². The number of nitrogens with one attached hydrogen (secondary N) is 1. The molecule has 41 heavy (non-hydrogen) atoms. The van der Waals surface area contributed by atoms with Crippen LogP contribution in [0.25, 0.3) is 11.1 Å². The van der Waals surface area contributed by atoms with Crippen molar-refractivity contribution in [2.24, 2.45) is 0 Å². The quantitative estimate of drug-likeness (QED) is 0.238. The van der Waals surface area contributed by atoms with Crippen LogP contribution in [0, 0.1) is 11.3 Å². The SMILES string of the molecule is COc1cccc(Cl)c1N(C)C(=O)c1cc(-c2cnc(C(F)(F)F)cc2C#N)c(Cl)cc1OCCCc1nn[nH]n1. The van der Waals surface area contributed by atoms with Crippen LogP contribution in [0.3, 0.4) is 0 Å². The van der Waals surface area contributed by atoms with E-state index in [1.54, 1.807) is 24.3 Å². The molecule has 1 amide bonds. The molecule has 0 aliphatic carbocycles. The molecule has 0 saturated carbocycles. The van der Waals surface area contributed by atoms with Crippen LogP contribution in [0.2, 0.25) is 10.0 Å². The van der Waals surface area contributed by atoms with Crippen LogP contribution < -0.4 is 14.4 Å². The van der Waals surface area contributed by atoms with Gasteiger partial charge in [-0.05, 0) is 30.7 Å². The molecule has 0 bridgehead atoms. The number of pyridine rings is 1. The Morgan fingerprint density at radius 3 is 2.59 bits per heavy atom. The first kappa shape index (κ1) is 29.6. The molecule has 4 aromatic rings. The molecule has 2 aromatic carbocycles. The number of para-hydroxylation sites is 1. The average molecular weight is 606 g/mol. The maximum absolute atomic E-state index is 13.9. The number of nitriles is 1. The number of tetrazole rings is 1. The summed E-state index contributed by atoms with van der Waals surface area (Å²) in [4.78, 5) is 18.6. The Hall–Kier alpha value is -4.41. The summed E-state index contributed by atoms with van der Waals surface area (Å²) in [5.74, 6) is 0.292. The zero-order valence-electron chi connectivity index (χ0n) is 21.5. The molecule has 1 N–H and O–H groups in total. The van der Waals surface area contributed by atoms with E-state index >= 15 is 0 Å². The lowest BCUT2D eigenvalue weighted by Crippen LogP contribution is -2.27. The van der Waals surface area contributed by atoms with Gasteiger partial charge in [-0.25, -0.2) is 0 Å². The van der Waals surface area contributed by atoms with Crippen molar-refractivity contribution >= 4 is 34.8 Å². The third kappa shape index (κ3) is 6.50. The van der Waals surface area contributed by atoms with Gasteiger partial charge in [-0.3, -0.25) is 9.78 Å². The van der Waals surface area contributed by atoms with E-state index in [2.05, 4.69) is 25.6 Å². The Balaban J connectivity index is 1.77. The van der Waals surface area contributed by atoms with E-state index in [1.165, 1.54) is 31.2 Å². The van der Waals surface area contributed by atoms with Gasteiger partial charge in [-0.1, -0.05) is 34.5 Å². The number of methoxy groups -OCH3 is 1. The average Bonchev–Trinajstić information content (AvgIpc) is 3.47. The van der Waals surface area contributed by atoms with Gasteiger partial charge in [0.2, 0.25) is 0 Å². The standard InChI is InChI=1S/C26H20Cl2F3N7O3/c1-38(24-18(27)5-3-6-20(24)40-2)25(39)16-10-15(17-13-33-22(26(29,30)31)9-14(17)12-32)19(28)11-21(16)41-8-4-7-23-34-36-37-35-23/h3,5-6,9-11,13H,4,7-8H2,1-2H3,(H,34,35,36,37). The van der Waals surface area contributed by atoms with Crippen LogP contribution in [-0.2, 0) is 12.6 Å². The minimum Gasteiger partial charge on any atom is -0.495 e. The molecule has 0 spiro atoms. The number of aryl methyl sites for hydroxylation is 1. The number of carbonyl (C=O) groups is 1. The summed E-state index contributed by atoms with van der Waals surface area (Å²) in [5.41, 5.74) is -1.19. The van der Waals surface area contributed by atoms with Crippen LogP contribution in [-0.4, -0.2) is 52.3 Å². The summed E-state index contributed by atoms with van der Waals surface area (Å²) in [6.07, 6.45) is -2.97. The van der Waals surface area contributed by atoms with Gasteiger partial charge in [0, 0.05) is 36.9 Å². The Labute approximate surface area is 241 Å². The third-order valence-corrected chi connectivity index (χ3v) is 6.52. The number of amides is 1. The number of ether oxygens (including phenoxy) is 2. The highest BCUT2D eigenvalue weighted by Gasteiger charge is 2.33. The highest BCUT2D eigenvalue weighted by atomic mass is 35.5. The number of benzene rings is 2. The molecule has 2 heterocycles. The van der Waals surface area contributed by atoms with E-state index in [9.17, 15) is 23.2 Å². The van der Waals surface area contributed by atoms with Crippen molar-refractivity contribution < 1.29 is 27.4 Å². The van der Waals surface area contributed by atoms with Crippen molar-refractivity contribution in [2.75, 3.05) is 25.7 Å². The lowest BCUT2D eigenvalue weighted by molar-refractivity contribution is -0.141. The van der Waals surface area contributed by atoms with E-state index in [0.29, 0.717) is 30.5 Å². The Morgan fingerprint density at radius 1 is 1.15 bits per heavy atom. The summed E-state index contributed by atoms with van der Waals surface area (Å²) in [6, 6.07) is 9.92. The number of aromatic nitrogens is 5. The van der Waals surface area contributed by atoms with E-state index in [0.717, 1.165) is 6.20 Å². The highest BCUT2D eigenvalue weighted by Crippen LogP contribution is 2.40. The molecule has 0 saturated heterocycles. The molecular formula is C26H20Cl2F3N7O3. The van der Waals surface area contributed by atoms with Crippen molar-refractivity contribution in [2.45, 2.75) is 19.0 Å². The molecule has 0 radical (unpaired) electrons. The molecule has 4 rings (SSSR count). The summed E-state index contributed by atoms with van der Waals surface area (Å²) >= 11 is 12.9. The predicted octanol–water partition coefficient (Wildman–Crippen LogP) is 5.76. The summed E-state index contributed by atoms with van der Waals surface area (Å²) in [7, 11) is 2.90. The molecular weight excluding hydrogens is 586 g/mol. The van der Waals surface area contributed by atoms with Crippen LogP contribution >= 0.6 is 23.2 Å². The minimum absolute atomic E-state index is 0.00110. The third-order valence-electron chi connectivity index (χ3n) is 5.91. The molecule has 10 nitrogen and oxygen atoms in total. The fourth-order valence-corrected chi connectivity index (χ4v) is 4.48. The zero-order valence-corrected chi connectivity index (χ0v) is 23.0. The molecule has 0 aliphatic rings. The van der Waals surface area contributed by atoms with Gasteiger partial charge >= 0.3 is 6.18 Å². The molecule has 0 fully saturated rings. The number of H-pyrrole nitrogens is 1. The molecule has 0 aliphatic heterocycles. The number of hydrogen-bond acceptors (Lipinski definition) is 8. The normalized spacial score (nSPS) is 11.2. The lowest BCUT2D eigenvalue weighted by Gasteiger charge is -2.23. The minimum atomic E-state index is -4.76. The van der Waals surface area contributed by atoms with E-state index in [4.69, 9.17) is 32.7 Å². The van der Waals surface area contributed by atoms with Crippen molar-refractivity contribution in [1.29, 1.82) is 5.26 Å². The first-order valence-electron chi connectivity index (χ1n) is 11.8. The van der Waals surface area contributed by atoms with Gasteiger partial charge in [0.25, 0.3) is 5.91 Å². The molecule has 15 heteroatoms. The van der Waals surface area contributed by atoms with Crippen LogP contribution in [0.1, 0.15) is 33.9 Å². The molecule has 0 atom stereocenters. The summed E-state index contributed by atoms with van der Waals surface area (Å²) in [5, 5.41) is 23.5. The van der Waals surface area contributed by atoms with Crippen molar-refractivity contribution in [3.63, 3.8) is 0 Å². The topological polar surface area (TPSA) is 130 Å². The highest BCUT2D eigenvalue weighted by molar-refractivity contribution is 6.35. The second kappa shape index (κ2) is 12.4. The van der Waals surface area contributed by atoms with Crippen LogP contribution in [0.5, 0.6) is 11.5 Å². The number of hydrogen-bond donors (Lipinski definition) is 1. The first-order valence-corrected chi connectivity index (χ1v) is 12.6. The number of carbonyl (C=O) groups excluding carboxylic acids is 1. The van der Waals surface area contributed by atoms with Gasteiger partial charge in [0.1, 0.15) is 22.9 Å². The van der Waals surface area contributed by atoms with Crippen molar-refractivity contribution in [3.8, 4) is 28.7 Å².